The van der Waals surface area contributed by atoms with E-state index in [0.717, 1.165) is 19.4 Å². The third-order valence-corrected chi connectivity index (χ3v) is 2.75. The Morgan fingerprint density at radius 2 is 2.13 bits per heavy atom. The summed E-state index contributed by atoms with van der Waals surface area (Å²) in [7, 11) is 1.38. The molecule has 0 aliphatic carbocycles. The van der Waals surface area contributed by atoms with Crippen molar-refractivity contribution in [2.24, 2.45) is 5.41 Å². The largest absolute Gasteiger partial charge is 0.469 e. The van der Waals surface area contributed by atoms with Crippen LogP contribution in [0.5, 0.6) is 0 Å². The second kappa shape index (κ2) is 4.64. The highest BCUT2D eigenvalue weighted by molar-refractivity contribution is 5.80. The summed E-state index contributed by atoms with van der Waals surface area (Å²) in [5.74, 6) is -0.112. The molecule has 0 aromatic heterocycles. The molecule has 0 atom stereocenters. The first-order valence-electron chi connectivity index (χ1n) is 5.33. The van der Waals surface area contributed by atoms with Crippen molar-refractivity contribution >= 4 is 11.9 Å². The van der Waals surface area contributed by atoms with Crippen molar-refractivity contribution in [3.8, 4) is 0 Å². The number of piperidine rings is 1. The second-order valence-corrected chi connectivity index (χ2v) is 4.65. The Morgan fingerprint density at radius 1 is 1.47 bits per heavy atom. The van der Waals surface area contributed by atoms with E-state index < -0.39 is 5.41 Å². The van der Waals surface area contributed by atoms with Crippen LogP contribution in [0.1, 0.15) is 33.1 Å². The van der Waals surface area contributed by atoms with Gasteiger partial charge in [-0.2, -0.15) is 0 Å². The number of amides is 1. The van der Waals surface area contributed by atoms with Gasteiger partial charge in [-0.3, -0.25) is 9.59 Å². The molecule has 0 aromatic carbocycles. The van der Waals surface area contributed by atoms with E-state index in [1.165, 1.54) is 7.11 Å². The van der Waals surface area contributed by atoms with Gasteiger partial charge in [0, 0.05) is 19.5 Å². The third kappa shape index (κ3) is 2.94. The van der Waals surface area contributed by atoms with Gasteiger partial charge in [0.1, 0.15) is 0 Å². The van der Waals surface area contributed by atoms with E-state index in [0.29, 0.717) is 13.0 Å². The van der Waals surface area contributed by atoms with Crippen LogP contribution in [0.15, 0.2) is 0 Å². The van der Waals surface area contributed by atoms with Gasteiger partial charge in [-0.25, -0.2) is 0 Å². The minimum absolute atomic E-state index is 0.151. The zero-order valence-corrected chi connectivity index (χ0v) is 9.71. The molecule has 15 heavy (non-hydrogen) atoms. The SMILES string of the molecule is COC(=O)C(C)(C)CN1CCCCC1=O. The van der Waals surface area contributed by atoms with Crippen LogP contribution in [-0.2, 0) is 14.3 Å². The van der Waals surface area contributed by atoms with Crippen molar-refractivity contribution in [1.29, 1.82) is 0 Å². The average Bonchev–Trinajstić information content (AvgIpc) is 2.20. The van der Waals surface area contributed by atoms with Crippen molar-refractivity contribution in [3.63, 3.8) is 0 Å². The first kappa shape index (κ1) is 12.0. The van der Waals surface area contributed by atoms with E-state index in [1.54, 1.807) is 18.7 Å². The lowest BCUT2D eigenvalue weighted by molar-refractivity contribution is -0.153. The van der Waals surface area contributed by atoms with E-state index >= 15 is 0 Å². The number of rotatable bonds is 3. The van der Waals surface area contributed by atoms with Crippen molar-refractivity contribution in [3.05, 3.63) is 0 Å². The van der Waals surface area contributed by atoms with E-state index in [9.17, 15) is 9.59 Å². The van der Waals surface area contributed by atoms with Crippen LogP contribution in [0.4, 0.5) is 0 Å². The van der Waals surface area contributed by atoms with E-state index in [1.807, 2.05) is 0 Å². The Kier molecular flexibility index (Phi) is 3.72. The standard InChI is InChI=1S/C11H19NO3/c1-11(2,10(14)15-3)8-12-7-5-4-6-9(12)13/h4-8H2,1-3H3. The Hall–Kier alpha value is -1.06. The summed E-state index contributed by atoms with van der Waals surface area (Å²) in [6, 6.07) is 0. The molecule has 1 heterocycles. The number of hydrogen-bond acceptors (Lipinski definition) is 3. The summed E-state index contributed by atoms with van der Waals surface area (Å²) >= 11 is 0. The molecule has 0 aromatic rings. The maximum Gasteiger partial charge on any atom is 0.313 e. The van der Waals surface area contributed by atoms with Crippen LogP contribution in [0.3, 0.4) is 0 Å². The molecule has 1 aliphatic heterocycles. The molecular formula is C11H19NO3. The normalized spacial score (nSPS) is 17.8. The van der Waals surface area contributed by atoms with Gasteiger partial charge < -0.3 is 9.64 Å². The van der Waals surface area contributed by atoms with Gasteiger partial charge >= 0.3 is 5.97 Å². The molecule has 86 valence electrons. The summed E-state index contributed by atoms with van der Waals surface area (Å²) in [5, 5.41) is 0. The second-order valence-electron chi connectivity index (χ2n) is 4.65. The number of ether oxygens (including phenoxy) is 1. The van der Waals surface area contributed by atoms with Crippen LogP contribution in [0.2, 0.25) is 0 Å². The quantitative estimate of drug-likeness (QED) is 0.662. The average molecular weight is 213 g/mol. The number of esters is 1. The smallest absolute Gasteiger partial charge is 0.313 e. The fourth-order valence-corrected chi connectivity index (χ4v) is 1.85. The molecule has 4 nitrogen and oxygen atoms in total. The monoisotopic (exact) mass is 213 g/mol. The van der Waals surface area contributed by atoms with Crippen LogP contribution in [-0.4, -0.2) is 37.0 Å². The number of nitrogens with zero attached hydrogens (tertiary/aromatic N) is 1. The Morgan fingerprint density at radius 3 is 2.67 bits per heavy atom. The minimum atomic E-state index is -0.609. The van der Waals surface area contributed by atoms with Crippen LogP contribution >= 0.6 is 0 Å². The van der Waals surface area contributed by atoms with E-state index in [4.69, 9.17) is 4.74 Å². The first-order valence-corrected chi connectivity index (χ1v) is 5.33. The molecule has 0 spiro atoms. The Bertz CT molecular complexity index is 261. The Balaban J connectivity index is 2.59. The van der Waals surface area contributed by atoms with Crippen LogP contribution in [0.25, 0.3) is 0 Å². The molecule has 0 bridgehead atoms. The van der Waals surface area contributed by atoms with Gasteiger partial charge in [0.2, 0.25) is 5.91 Å². The van der Waals surface area contributed by atoms with Gasteiger partial charge in [-0.05, 0) is 26.7 Å². The molecular weight excluding hydrogens is 194 g/mol. The topological polar surface area (TPSA) is 46.6 Å². The predicted molar refractivity (Wildman–Crippen MR) is 56.2 cm³/mol. The summed E-state index contributed by atoms with van der Waals surface area (Å²) in [6.45, 7) is 4.83. The number of hydrogen-bond donors (Lipinski definition) is 0. The fraction of sp³-hybridized carbons (Fsp3) is 0.818. The van der Waals surface area contributed by atoms with E-state index in [-0.39, 0.29) is 11.9 Å². The van der Waals surface area contributed by atoms with Crippen molar-refractivity contribution in [2.75, 3.05) is 20.2 Å². The maximum absolute atomic E-state index is 11.6. The molecule has 1 aliphatic rings. The summed E-state index contributed by atoms with van der Waals surface area (Å²) in [5.41, 5.74) is -0.609. The summed E-state index contributed by atoms with van der Waals surface area (Å²) < 4.78 is 4.71. The minimum Gasteiger partial charge on any atom is -0.469 e. The van der Waals surface area contributed by atoms with Crippen LogP contribution in [0, 0.1) is 5.41 Å². The molecule has 0 saturated carbocycles. The van der Waals surface area contributed by atoms with Gasteiger partial charge in [0.15, 0.2) is 0 Å². The van der Waals surface area contributed by atoms with Crippen molar-refractivity contribution in [1.82, 2.24) is 4.90 Å². The van der Waals surface area contributed by atoms with E-state index in [2.05, 4.69) is 0 Å². The molecule has 0 radical (unpaired) electrons. The lowest BCUT2D eigenvalue weighted by atomic mass is 9.92. The number of likely N-dealkylation sites (tertiary alicyclic amines) is 1. The first-order chi connectivity index (χ1) is 6.97. The fourth-order valence-electron chi connectivity index (χ4n) is 1.85. The molecule has 0 unspecified atom stereocenters. The molecule has 1 fully saturated rings. The molecule has 1 rings (SSSR count). The molecule has 0 N–H and O–H groups in total. The highest BCUT2D eigenvalue weighted by atomic mass is 16.5. The Labute approximate surface area is 90.6 Å². The number of methoxy groups -OCH3 is 1. The van der Waals surface area contributed by atoms with Gasteiger partial charge in [0.25, 0.3) is 0 Å². The predicted octanol–water partition coefficient (Wildman–Crippen LogP) is 1.20. The van der Waals surface area contributed by atoms with Gasteiger partial charge in [-0.15, -0.1) is 0 Å². The molecule has 4 heteroatoms. The highest BCUT2D eigenvalue weighted by Gasteiger charge is 2.33. The number of carbonyl (C=O) groups is 2. The molecule has 1 amide bonds. The molecule has 1 saturated heterocycles. The third-order valence-electron chi connectivity index (χ3n) is 2.75. The summed E-state index contributed by atoms with van der Waals surface area (Å²) in [6.07, 6.45) is 2.61. The van der Waals surface area contributed by atoms with Crippen molar-refractivity contribution in [2.45, 2.75) is 33.1 Å². The van der Waals surface area contributed by atoms with Gasteiger partial charge in [0.05, 0.1) is 12.5 Å². The zero-order valence-electron chi connectivity index (χ0n) is 9.71. The van der Waals surface area contributed by atoms with Gasteiger partial charge in [-0.1, -0.05) is 0 Å². The summed E-state index contributed by atoms with van der Waals surface area (Å²) in [4.78, 5) is 24.8. The lowest BCUT2D eigenvalue weighted by Crippen LogP contribution is -2.44. The maximum atomic E-state index is 11.6. The number of carbonyl (C=O) groups excluding carboxylic acids is 2. The zero-order chi connectivity index (χ0) is 11.5. The van der Waals surface area contributed by atoms with Crippen molar-refractivity contribution < 1.29 is 14.3 Å². The lowest BCUT2D eigenvalue weighted by Gasteiger charge is -2.33. The highest BCUT2D eigenvalue weighted by Crippen LogP contribution is 2.21. The van der Waals surface area contributed by atoms with Crippen LogP contribution < -0.4 is 0 Å².